The summed E-state index contributed by atoms with van der Waals surface area (Å²) in [7, 11) is 0. The van der Waals surface area contributed by atoms with Gasteiger partial charge in [0.05, 0.1) is 6.33 Å². The van der Waals surface area contributed by atoms with Gasteiger partial charge in [0.2, 0.25) is 0 Å². The van der Waals surface area contributed by atoms with Crippen molar-refractivity contribution in [1.82, 2.24) is 19.5 Å². The molecule has 0 radical (unpaired) electrons. The Bertz CT molecular complexity index is 831. The van der Waals surface area contributed by atoms with Crippen molar-refractivity contribution in [3.05, 3.63) is 60.4 Å². The number of hydrogen-bond acceptors (Lipinski definition) is 5. The molecule has 7 heteroatoms. The highest BCUT2D eigenvalue weighted by molar-refractivity contribution is 7.99. The third-order valence-electron chi connectivity index (χ3n) is 3.27. The third-order valence-corrected chi connectivity index (χ3v) is 4.00. The molecule has 0 bridgehead atoms. The zero-order valence-electron chi connectivity index (χ0n) is 13.4. The molecular weight excluding hydrogens is 322 g/mol. The highest BCUT2D eigenvalue weighted by atomic mass is 32.2. The first-order valence-corrected chi connectivity index (χ1v) is 8.52. The maximum absolute atomic E-state index is 12.4. The molecule has 24 heavy (non-hydrogen) atoms. The van der Waals surface area contributed by atoms with E-state index in [2.05, 4.69) is 20.3 Å². The fraction of sp³-hybridized carbons (Fsp3) is 0.176. The van der Waals surface area contributed by atoms with Crippen molar-refractivity contribution in [3.63, 3.8) is 0 Å². The molecule has 0 saturated heterocycles. The van der Waals surface area contributed by atoms with Crippen molar-refractivity contribution in [2.45, 2.75) is 19.0 Å². The quantitative estimate of drug-likeness (QED) is 0.570. The van der Waals surface area contributed by atoms with E-state index in [4.69, 9.17) is 0 Å². The van der Waals surface area contributed by atoms with E-state index in [0.717, 1.165) is 17.1 Å². The number of anilines is 1. The number of aromatic nitrogens is 4. The summed E-state index contributed by atoms with van der Waals surface area (Å²) in [5.41, 5.74) is 2.84. The predicted molar refractivity (Wildman–Crippen MR) is 94.7 cm³/mol. The monoisotopic (exact) mass is 339 g/mol. The van der Waals surface area contributed by atoms with E-state index < -0.39 is 0 Å². The largest absolute Gasteiger partial charge is 0.321 e. The summed E-state index contributed by atoms with van der Waals surface area (Å²) in [4.78, 5) is 25.0. The van der Waals surface area contributed by atoms with Gasteiger partial charge in [0, 0.05) is 29.5 Å². The van der Waals surface area contributed by atoms with Gasteiger partial charge in [-0.2, -0.15) is 0 Å². The molecule has 0 saturated carbocycles. The summed E-state index contributed by atoms with van der Waals surface area (Å²) in [6.45, 7) is 3.88. The summed E-state index contributed by atoms with van der Waals surface area (Å²) in [6.07, 6.45) is 5.31. The smallest absolute Gasteiger partial charge is 0.274 e. The van der Waals surface area contributed by atoms with Crippen LogP contribution in [-0.4, -0.2) is 31.2 Å². The number of hydrogen-bond donors (Lipinski definition) is 1. The van der Waals surface area contributed by atoms with Crippen LogP contribution in [-0.2, 0) is 0 Å². The van der Waals surface area contributed by atoms with Crippen molar-refractivity contribution in [3.8, 4) is 5.69 Å². The second-order valence-electron chi connectivity index (χ2n) is 5.08. The van der Waals surface area contributed by atoms with Gasteiger partial charge < -0.3 is 9.88 Å². The number of imidazole rings is 1. The molecule has 0 atom stereocenters. The number of nitrogens with zero attached hydrogens (tertiary/aromatic N) is 4. The molecule has 3 rings (SSSR count). The standard InChI is InChI=1S/C17H17N5OS/c1-3-24-17-19-12(2)10-15(21-17)16(23)20-13-4-6-14(7-5-13)22-9-8-18-11-22/h4-11H,3H2,1-2H3,(H,20,23). The molecular formula is C17H17N5OS. The number of aryl methyl sites for hydroxylation is 1. The zero-order chi connectivity index (χ0) is 16.9. The van der Waals surface area contributed by atoms with Gasteiger partial charge >= 0.3 is 0 Å². The van der Waals surface area contributed by atoms with E-state index in [1.54, 1.807) is 18.6 Å². The van der Waals surface area contributed by atoms with Gasteiger partial charge in [0.25, 0.3) is 5.91 Å². The highest BCUT2D eigenvalue weighted by Crippen LogP contribution is 2.16. The topological polar surface area (TPSA) is 72.7 Å². The lowest BCUT2D eigenvalue weighted by Gasteiger charge is -2.08. The Kier molecular flexibility index (Phi) is 4.90. The Morgan fingerprint density at radius 1 is 1.25 bits per heavy atom. The molecule has 0 unspecified atom stereocenters. The first-order valence-electron chi connectivity index (χ1n) is 7.54. The average Bonchev–Trinajstić information content (AvgIpc) is 3.10. The molecule has 6 nitrogen and oxygen atoms in total. The van der Waals surface area contributed by atoms with Crippen LogP contribution in [0.15, 0.2) is 54.2 Å². The number of carbonyl (C=O) groups is 1. The maximum Gasteiger partial charge on any atom is 0.274 e. The molecule has 0 fully saturated rings. The fourth-order valence-electron chi connectivity index (χ4n) is 2.18. The van der Waals surface area contributed by atoms with Crippen LogP contribution in [0.3, 0.4) is 0 Å². The first-order chi connectivity index (χ1) is 11.7. The summed E-state index contributed by atoms with van der Waals surface area (Å²) in [6, 6.07) is 9.22. The summed E-state index contributed by atoms with van der Waals surface area (Å²) < 4.78 is 1.90. The summed E-state index contributed by atoms with van der Waals surface area (Å²) >= 11 is 1.52. The number of nitrogens with one attached hydrogen (secondary N) is 1. The van der Waals surface area contributed by atoms with Gasteiger partial charge in [0.15, 0.2) is 5.16 Å². The zero-order valence-corrected chi connectivity index (χ0v) is 14.2. The number of rotatable bonds is 5. The van der Waals surface area contributed by atoms with E-state index in [1.165, 1.54) is 11.8 Å². The van der Waals surface area contributed by atoms with Crippen molar-refractivity contribution >= 4 is 23.4 Å². The van der Waals surface area contributed by atoms with Gasteiger partial charge in [-0.25, -0.2) is 15.0 Å². The molecule has 122 valence electrons. The van der Waals surface area contributed by atoms with Crippen LogP contribution in [0.1, 0.15) is 23.1 Å². The molecule has 0 spiro atoms. The minimum Gasteiger partial charge on any atom is -0.321 e. The van der Waals surface area contributed by atoms with E-state index in [1.807, 2.05) is 48.9 Å². The Morgan fingerprint density at radius 2 is 2.04 bits per heavy atom. The second-order valence-corrected chi connectivity index (χ2v) is 6.31. The van der Waals surface area contributed by atoms with Gasteiger partial charge in [-0.3, -0.25) is 4.79 Å². The molecule has 2 aromatic heterocycles. The van der Waals surface area contributed by atoms with Crippen LogP contribution in [0.25, 0.3) is 5.69 Å². The fourth-order valence-corrected chi connectivity index (χ4v) is 2.80. The van der Waals surface area contributed by atoms with E-state index in [9.17, 15) is 4.79 Å². The van der Waals surface area contributed by atoms with E-state index in [-0.39, 0.29) is 5.91 Å². The normalized spacial score (nSPS) is 10.6. The van der Waals surface area contributed by atoms with Gasteiger partial charge in [-0.05, 0) is 43.0 Å². The third kappa shape index (κ3) is 3.80. The van der Waals surface area contributed by atoms with E-state index >= 15 is 0 Å². The maximum atomic E-state index is 12.4. The van der Waals surface area contributed by atoms with Crippen molar-refractivity contribution in [1.29, 1.82) is 0 Å². The lowest BCUT2D eigenvalue weighted by molar-refractivity contribution is 0.102. The van der Waals surface area contributed by atoms with Crippen LogP contribution in [0.5, 0.6) is 0 Å². The molecule has 1 aromatic carbocycles. The van der Waals surface area contributed by atoms with Crippen LogP contribution >= 0.6 is 11.8 Å². The minimum atomic E-state index is -0.242. The van der Waals surface area contributed by atoms with Gasteiger partial charge in [-0.1, -0.05) is 18.7 Å². The number of benzene rings is 1. The van der Waals surface area contributed by atoms with E-state index in [0.29, 0.717) is 16.5 Å². The molecule has 0 aliphatic rings. The Balaban J connectivity index is 1.75. The molecule has 3 aromatic rings. The lowest BCUT2D eigenvalue weighted by Crippen LogP contribution is -2.15. The minimum absolute atomic E-state index is 0.242. The number of amides is 1. The van der Waals surface area contributed by atoms with Crippen LogP contribution in [0.4, 0.5) is 5.69 Å². The van der Waals surface area contributed by atoms with Crippen LogP contribution < -0.4 is 5.32 Å². The number of thioether (sulfide) groups is 1. The molecule has 0 aliphatic heterocycles. The Labute approximate surface area is 144 Å². The highest BCUT2D eigenvalue weighted by Gasteiger charge is 2.11. The Hall–Kier alpha value is -2.67. The van der Waals surface area contributed by atoms with Crippen molar-refractivity contribution in [2.75, 3.05) is 11.1 Å². The Morgan fingerprint density at radius 3 is 2.71 bits per heavy atom. The number of carbonyl (C=O) groups excluding carboxylic acids is 1. The van der Waals surface area contributed by atoms with Crippen molar-refractivity contribution in [2.24, 2.45) is 0 Å². The van der Waals surface area contributed by atoms with Gasteiger partial charge in [-0.15, -0.1) is 0 Å². The van der Waals surface area contributed by atoms with Crippen molar-refractivity contribution < 1.29 is 4.79 Å². The molecule has 0 aliphatic carbocycles. The SMILES string of the molecule is CCSc1nc(C)cc(C(=O)Nc2ccc(-n3ccnc3)cc2)n1. The first kappa shape index (κ1) is 16.2. The van der Waals surface area contributed by atoms with Crippen LogP contribution in [0.2, 0.25) is 0 Å². The molecule has 1 N–H and O–H groups in total. The molecule has 1 amide bonds. The second kappa shape index (κ2) is 7.27. The predicted octanol–water partition coefficient (Wildman–Crippen LogP) is 3.34. The average molecular weight is 339 g/mol. The summed E-state index contributed by atoms with van der Waals surface area (Å²) in [5, 5.41) is 3.49. The van der Waals surface area contributed by atoms with Gasteiger partial charge in [0.1, 0.15) is 5.69 Å². The van der Waals surface area contributed by atoms with Crippen LogP contribution in [0, 0.1) is 6.92 Å². The molecule has 2 heterocycles. The lowest BCUT2D eigenvalue weighted by atomic mass is 10.2. The summed E-state index contributed by atoms with van der Waals surface area (Å²) in [5.74, 6) is 0.620.